The van der Waals surface area contributed by atoms with E-state index in [-0.39, 0.29) is 11.9 Å². The summed E-state index contributed by atoms with van der Waals surface area (Å²) in [5.74, 6) is 1.46. The monoisotopic (exact) mass is 380 g/mol. The van der Waals surface area contributed by atoms with Gasteiger partial charge in [0.15, 0.2) is 11.6 Å². The summed E-state index contributed by atoms with van der Waals surface area (Å²) in [5.41, 5.74) is 1.28. The third-order valence-electron chi connectivity index (χ3n) is 4.65. The quantitative estimate of drug-likeness (QED) is 0.640. The lowest BCUT2D eigenvalue weighted by Gasteiger charge is -2.21. The number of pyridine rings is 1. The summed E-state index contributed by atoms with van der Waals surface area (Å²) in [6, 6.07) is 3.42. The molecule has 0 aromatic carbocycles. The Kier molecular flexibility index (Phi) is 5.34. The Labute approximate surface area is 161 Å². The average Bonchev–Trinajstić information content (AvgIpc) is 3.42. The molecule has 3 aromatic heterocycles. The van der Waals surface area contributed by atoms with Gasteiger partial charge in [-0.25, -0.2) is 9.97 Å². The summed E-state index contributed by atoms with van der Waals surface area (Å²) in [4.78, 5) is 31.8. The van der Waals surface area contributed by atoms with Gasteiger partial charge >= 0.3 is 0 Å². The van der Waals surface area contributed by atoms with Crippen molar-refractivity contribution in [3.8, 4) is 11.4 Å². The van der Waals surface area contributed by atoms with Crippen LogP contribution in [0.1, 0.15) is 41.0 Å². The zero-order valence-electron chi connectivity index (χ0n) is 15.5. The Bertz CT molecular complexity index is 928. The van der Waals surface area contributed by atoms with E-state index in [0.717, 1.165) is 18.4 Å². The van der Waals surface area contributed by atoms with Crippen molar-refractivity contribution < 1.29 is 14.1 Å². The fourth-order valence-electron chi connectivity index (χ4n) is 3.22. The second kappa shape index (κ2) is 8.22. The first-order valence-electron chi connectivity index (χ1n) is 9.11. The maximum atomic E-state index is 13.0. The second-order valence-electron chi connectivity index (χ2n) is 6.48. The van der Waals surface area contributed by atoms with Crippen LogP contribution < -0.4 is 0 Å². The Morgan fingerprint density at radius 3 is 2.82 bits per heavy atom. The van der Waals surface area contributed by atoms with Crippen LogP contribution in [0.25, 0.3) is 11.4 Å². The van der Waals surface area contributed by atoms with E-state index in [0.29, 0.717) is 42.7 Å². The van der Waals surface area contributed by atoms with E-state index >= 15 is 0 Å². The van der Waals surface area contributed by atoms with Crippen molar-refractivity contribution in [1.29, 1.82) is 0 Å². The van der Waals surface area contributed by atoms with Crippen LogP contribution >= 0.6 is 0 Å². The zero-order valence-corrected chi connectivity index (χ0v) is 15.5. The van der Waals surface area contributed by atoms with Gasteiger partial charge in [-0.1, -0.05) is 5.16 Å². The van der Waals surface area contributed by atoms with E-state index in [9.17, 15) is 4.79 Å². The number of ether oxygens (including phenoxy) is 1. The van der Waals surface area contributed by atoms with E-state index in [4.69, 9.17) is 9.26 Å². The van der Waals surface area contributed by atoms with Gasteiger partial charge in [-0.15, -0.1) is 0 Å². The van der Waals surface area contributed by atoms with Crippen molar-refractivity contribution in [2.75, 3.05) is 20.3 Å². The van der Waals surface area contributed by atoms with Gasteiger partial charge in [0.25, 0.3) is 5.91 Å². The largest absolute Gasteiger partial charge is 0.384 e. The van der Waals surface area contributed by atoms with Crippen LogP contribution in [0.15, 0.2) is 41.4 Å². The molecule has 0 spiro atoms. The maximum absolute atomic E-state index is 13.0. The number of amides is 1. The summed E-state index contributed by atoms with van der Waals surface area (Å²) in [5, 5.41) is 3.98. The number of hydrogen-bond acceptors (Lipinski definition) is 8. The van der Waals surface area contributed by atoms with Crippen molar-refractivity contribution >= 4 is 5.91 Å². The number of rotatable bonds is 6. The molecule has 9 heteroatoms. The summed E-state index contributed by atoms with van der Waals surface area (Å²) < 4.78 is 10.4. The Morgan fingerprint density at radius 2 is 2.07 bits per heavy atom. The topological polar surface area (TPSA) is 107 Å². The molecule has 0 saturated carbocycles. The molecule has 0 aliphatic carbocycles. The molecule has 4 rings (SSSR count). The fraction of sp³-hybridized carbons (Fsp3) is 0.368. The predicted molar refractivity (Wildman–Crippen MR) is 98.2 cm³/mol. The van der Waals surface area contributed by atoms with Gasteiger partial charge in [0.2, 0.25) is 5.89 Å². The molecule has 0 unspecified atom stereocenters. The van der Waals surface area contributed by atoms with Gasteiger partial charge in [0.05, 0.1) is 12.2 Å². The molecule has 1 saturated heterocycles. The van der Waals surface area contributed by atoms with E-state index in [1.54, 1.807) is 36.8 Å². The zero-order chi connectivity index (χ0) is 19.3. The minimum Gasteiger partial charge on any atom is -0.384 e. The summed E-state index contributed by atoms with van der Waals surface area (Å²) >= 11 is 0. The molecule has 1 amide bonds. The predicted octanol–water partition coefficient (Wildman–Crippen LogP) is 2.09. The van der Waals surface area contributed by atoms with E-state index in [1.807, 2.05) is 12.1 Å². The summed E-state index contributed by atoms with van der Waals surface area (Å²) in [7, 11) is 1.63. The number of aromatic nitrogens is 5. The summed E-state index contributed by atoms with van der Waals surface area (Å²) in [6.07, 6.45) is 8.70. The highest BCUT2D eigenvalue weighted by molar-refractivity contribution is 5.94. The number of carbonyl (C=O) groups is 1. The second-order valence-corrected chi connectivity index (χ2v) is 6.48. The first kappa shape index (κ1) is 18.2. The van der Waals surface area contributed by atoms with Gasteiger partial charge in [0.1, 0.15) is 6.04 Å². The molecule has 3 aromatic rings. The molecule has 1 aliphatic heterocycles. The highest BCUT2D eigenvalue weighted by Gasteiger charge is 2.34. The minimum atomic E-state index is -0.226. The Hall–Kier alpha value is -3.20. The number of methoxy groups -OCH3 is 1. The molecule has 1 fully saturated rings. The van der Waals surface area contributed by atoms with Gasteiger partial charge in [-0.3, -0.25) is 9.78 Å². The van der Waals surface area contributed by atoms with Crippen LogP contribution in [0.5, 0.6) is 0 Å². The van der Waals surface area contributed by atoms with Crippen LogP contribution in [0.2, 0.25) is 0 Å². The van der Waals surface area contributed by atoms with Crippen LogP contribution in [-0.2, 0) is 11.2 Å². The third kappa shape index (κ3) is 3.74. The first-order chi connectivity index (χ1) is 13.8. The van der Waals surface area contributed by atoms with Gasteiger partial charge in [-0.05, 0) is 25.0 Å². The first-order valence-corrected chi connectivity index (χ1v) is 9.11. The summed E-state index contributed by atoms with van der Waals surface area (Å²) in [6.45, 7) is 1.15. The third-order valence-corrected chi connectivity index (χ3v) is 4.65. The molecule has 4 heterocycles. The molecule has 28 heavy (non-hydrogen) atoms. The number of carbonyl (C=O) groups excluding carboxylic acids is 1. The molecule has 0 radical (unpaired) electrons. The maximum Gasteiger partial charge on any atom is 0.257 e. The normalized spacial score (nSPS) is 16.5. The lowest BCUT2D eigenvalue weighted by atomic mass is 10.2. The van der Waals surface area contributed by atoms with Gasteiger partial charge < -0.3 is 14.2 Å². The molecule has 0 N–H and O–H groups in total. The van der Waals surface area contributed by atoms with E-state index in [2.05, 4.69) is 25.1 Å². The van der Waals surface area contributed by atoms with Crippen molar-refractivity contribution in [1.82, 2.24) is 30.0 Å². The molecular weight excluding hydrogens is 360 g/mol. The van der Waals surface area contributed by atoms with Crippen molar-refractivity contribution in [2.24, 2.45) is 0 Å². The minimum absolute atomic E-state index is 0.139. The molecule has 0 bridgehead atoms. The lowest BCUT2D eigenvalue weighted by molar-refractivity contribution is 0.0709. The smallest absolute Gasteiger partial charge is 0.257 e. The Morgan fingerprint density at radius 1 is 1.29 bits per heavy atom. The van der Waals surface area contributed by atoms with E-state index in [1.165, 1.54) is 0 Å². The highest BCUT2D eigenvalue weighted by Crippen LogP contribution is 2.32. The standard InChI is InChI=1S/C19H20N6O3/c1-27-10-6-16-23-18(28-24-16)15-3-2-9-25(15)19(26)14-11-21-17(22-12-14)13-4-7-20-8-5-13/h4-5,7-8,11-12,15H,2-3,6,9-10H2,1H3/t15-/m0/s1. The molecule has 144 valence electrons. The van der Waals surface area contributed by atoms with Crippen LogP contribution in [-0.4, -0.2) is 56.2 Å². The van der Waals surface area contributed by atoms with Crippen molar-refractivity contribution in [3.63, 3.8) is 0 Å². The number of hydrogen-bond donors (Lipinski definition) is 0. The molecule has 1 atom stereocenters. The Balaban J connectivity index is 1.49. The van der Waals surface area contributed by atoms with Crippen LogP contribution in [0, 0.1) is 0 Å². The van der Waals surface area contributed by atoms with Gasteiger partial charge in [-0.2, -0.15) is 4.98 Å². The van der Waals surface area contributed by atoms with Crippen molar-refractivity contribution in [2.45, 2.75) is 25.3 Å². The number of likely N-dealkylation sites (tertiary alicyclic amines) is 1. The highest BCUT2D eigenvalue weighted by atomic mass is 16.5. The molecule has 9 nitrogen and oxygen atoms in total. The van der Waals surface area contributed by atoms with Crippen LogP contribution in [0.3, 0.4) is 0 Å². The van der Waals surface area contributed by atoms with Crippen LogP contribution in [0.4, 0.5) is 0 Å². The van der Waals surface area contributed by atoms with Gasteiger partial charge in [0, 0.05) is 50.4 Å². The molecule has 1 aliphatic rings. The average molecular weight is 380 g/mol. The van der Waals surface area contributed by atoms with Crippen molar-refractivity contribution in [3.05, 3.63) is 54.2 Å². The number of nitrogens with zero attached hydrogens (tertiary/aromatic N) is 6. The molecular formula is C19H20N6O3. The SMILES string of the molecule is COCCc1noc([C@@H]2CCCN2C(=O)c2cnc(-c3ccncc3)nc2)n1. The fourth-order valence-corrected chi connectivity index (χ4v) is 3.22. The van der Waals surface area contributed by atoms with E-state index < -0.39 is 0 Å². The lowest BCUT2D eigenvalue weighted by Crippen LogP contribution is -2.31.